The number of amides is 4. The summed E-state index contributed by atoms with van der Waals surface area (Å²) in [6.45, 7) is 1.62. The van der Waals surface area contributed by atoms with Crippen LogP contribution in [0.2, 0.25) is 0 Å². The molecule has 7 N–H and O–H groups in total. The monoisotopic (exact) mass is 1120 g/mol. The highest BCUT2D eigenvalue weighted by Crippen LogP contribution is 2.42. The van der Waals surface area contributed by atoms with Crippen molar-refractivity contribution in [3.05, 3.63) is 101 Å². The van der Waals surface area contributed by atoms with Crippen molar-refractivity contribution in [2.24, 2.45) is 10.8 Å². The van der Waals surface area contributed by atoms with Crippen molar-refractivity contribution in [3.8, 4) is 11.8 Å². The van der Waals surface area contributed by atoms with Gasteiger partial charge in [0.2, 0.25) is 5.91 Å². The molecule has 2 unspecified atom stereocenters. The number of carbonyl (C=O) groups excluding carboxylic acids is 4. The molecular formula is C53H64F8N10O8. The standard InChI is InChI=1S/C53H64F8N10O8/c1-50(2,52(56,57)58)43(66-48(75)77-5)45(73)65-40(21-32-10-7-31(8-11-32)9-12-33-15-20-42(63-23-33)69-26-37-18-19-38(27-69)71(37)39-29-79-30-39)41(72)28-70(25-34-13-16-35(17-14-34)36(22-62)24-64-47(54)55)68-46(74)44(67-49(76)78-6)51(3,4)53(59,60)61/h7-8,10-11,13-17,20,22-24,37-41,43-44,47,62,64,72H,18-19,21,25-30H2,1-6H3,(H,65,73)(H,66,75)(H,67,76)(H,68,74)/b36-24+,62-22?/t37?,38?,40-,41-,43+,44+/m0/s1. The summed E-state index contributed by atoms with van der Waals surface area (Å²) >= 11 is 0. The number of pyridine rings is 1. The van der Waals surface area contributed by atoms with Crippen molar-refractivity contribution < 1.29 is 73.6 Å². The van der Waals surface area contributed by atoms with Crippen LogP contribution in [0, 0.1) is 28.1 Å². The Morgan fingerprint density at radius 1 is 0.785 bits per heavy atom. The fourth-order valence-electron chi connectivity index (χ4n) is 9.37. The fourth-order valence-corrected chi connectivity index (χ4v) is 9.37. The maximum atomic E-state index is 14.6. The molecule has 3 saturated heterocycles. The number of aliphatic hydroxyl groups excluding tert-OH is 1. The minimum atomic E-state index is -5.12. The number of carbonyl (C=O) groups is 4. The van der Waals surface area contributed by atoms with E-state index in [0.717, 1.165) is 76.6 Å². The van der Waals surface area contributed by atoms with Gasteiger partial charge in [0.1, 0.15) is 17.9 Å². The number of aliphatic hydroxyl groups is 1. The molecule has 4 amide bonds. The van der Waals surface area contributed by atoms with Crippen LogP contribution in [0.25, 0.3) is 5.57 Å². The number of anilines is 1. The number of hydrogen-bond donors (Lipinski definition) is 7. The molecule has 26 heteroatoms. The number of ether oxygens (including phenoxy) is 3. The van der Waals surface area contributed by atoms with Crippen LogP contribution in [0.3, 0.4) is 0 Å². The van der Waals surface area contributed by atoms with Gasteiger partial charge in [0.05, 0.1) is 56.5 Å². The zero-order valence-corrected chi connectivity index (χ0v) is 44.1. The second-order valence-electron chi connectivity index (χ2n) is 20.5. The summed E-state index contributed by atoms with van der Waals surface area (Å²) in [5.41, 5.74) is -1.59. The van der Waals surface area contributed by atoms with E-state index in [1.807, 2.05) is 22.8 Å². The number of nitrogens with zero attached hydrogens (tertiary/aromatic N) is 4. The van der Waals surface area contributed by atoms with Crippen molar-refractivity contribution in [1.29, 1.82) is 5.41 Å². The van der Waals surface area contributed by atoms with Crippen LogP contribution in [-0.4, -0.2) is 159 Å². The van der Waals surface area contributed by atoms with E-state index >= 15 is 0 Å². The molecule has 2 aromatic carbocycles. The highest BCUT2D eigenvalue weighted by atomic mass is 19.4. The van der Waals surface area contributed by atoms with Gasteiger partial charge in [-0.05, 0) is 87.9 Å². The third kappa shape index (κ3) is 15.4. The summed E-state index contributed by atoms with van der Waals surface area (Å²) in [5.74, 6) is 4.07. The van der Waals surface area contributed by atoms with Gasteiger partial charge in [-0.1, -0.05) is 48.2 Å². The zero-order chi connectivity index (χ0) is 58.0. The second kappa shape index (κ2) is 25.8. The topological polar surface area (TPSA) is 223 Å². The van der Waals surface area contributed by atoms with Crippen molar-refractivity contribution in [2.45, 2.75) is 115 Å². The molecule has 3 aliphatic heterocycles. The number of hydrazine groups is 1. The fraction of sp³-hybridized carbons (Fsp3) is 0.509. The van der Waals surface area contributed by atoms with E-state index in [9.17, 15) is 59.4 Å². The molecule has 1 aromatic heterocycles. The quantitative estimate of drug-likeness (QED) is 0.0218. The third-order valence-corrected chi connectivity index (χ3v) is 14.4. The number of nitrogens with one attached hydrogen (secondary N) is 6. The van der Waals surface area contributed by atoms with Crippen LogP contribution < -0.4 is 31.6 Å². The number of rotatable bonds is 21. The third-order valence-electron chi connectivity index (χ3n) is 14.4. The molecule has 3 aliphatic rings. The SMILES string of the molecule is COC(=O)N[C@H](C(=O)N[C@@H](Cc1ccc(C#Cc2ccc(N3CC4CCC(C3)N4C3COC3)nc2)cc1)[C@@H](O)CN(Cc1ccc(/C(C=N)=C/NC(F)F)cc1)NC(=O)[C@@H](NC(=O)OC)C(C)(C)C(F)(F)F)C(C)(C)C(F)(F)F. The Morgan fingerprint density at radius 2 is 1.32 bits per heavy atom. The van der Waals surface area contributed by atoms with E-state index < -0.39 is 91.1 Å². The predicted octanol–water partition coefficient (Wildman–Crippen LogP) is 5.88. The van der Waals surface area contributed by atoms with Crippen molar-refractivity contribution in [2.75, 3.05) is 52.0 Å². The number of piperazine rings is 1. The molecule has 2 bridgehead atoms. The van der Waals surface area contributed by atoms with Crippen LogP contribution in [0.4, 0.5) is 50.5 Å². The Labute approximate surface area is 451 Å². The number of hydrogen-bond acceptors (Lipinski definition) is 14. The molecule has 79 heavy (non-hydrogen) atoms. The Hall–Kier alpha value is -7.08. The number of alkyl carbamates (subject to hydrolysis) is 2. The average Bonchev–Trinajstić information content (AvgIpc) is 3.74. The lowest BCUT2D eigenvalue weighted by molar-refractivity contribution is -0.221. The van der Waals surface area contributed by atoms with Gasteiger partial charge in [0.15, 0.2) is 0 Å². The van der Waals surface area contributed by atoms with Gasteiger partial charge in [-0.2, -0.15) is 35.1 Å². The first kappa shape index (κ1) is 61.1. The molecule has 0 radical (unpaired) electrons. The van der Waals surface area contributed by atoms with Crippen LogP contribution in [0.1, 0.15) is 68.4 Å². The molecule has 430 valence electrons. The summed E-state index contributed by atoms with van der Waals surface area (Å²) < 4.78 is 127. The van der Waals surface area contributed by atoms with Gasteiger partial charge in [0, 0.05) is 73.6 Å². The first-order valence-corrected chi connectivity index (χ1v) is 25.0. The highest BCUT2D eigenvalue weighted by molar-refractivity contribution is 6.08. The minimum absolute atomic E-state index is 0.0138. The second-order valence-corrected chi connectivity index (χ2v) is 20.5. The molecule has 6 atom stereocenters. The summed E-state index contributed by atoms with van der Waals surface area (Å²) in [4.78, 5) is 62.5. The maximum absolute atomic E-state index is 14.6. The lowest BCUT2D eigenvalue weighted by Gasteiger charge is -2.47. The van der Waals surface area contributed by atoms with Crippen LogP contribution in [-0.2, 0) is 36.8 Å². The van der Waals surface area contributed by atoms with Gasteiger partial charge in [-0.3, -0.25) is 19.9 Å². The maximum Gasteiger partial charge on any atom is 0.407 e. The van der Waals surface area contributed by atoms with E-state index in [1.165, 1.54) is 24.3 Å². The number of fused-ring (bicyclic) bond motifs is 2. The summed E-state index contributed by atoms with van der Waals surface area (Å²) in [7, 11) is 1.72. The predicted molar refractivity (Wildman–Crippen MR) is 273 cm³/mol. The van der Waals surface area contributed by atoms with Crippen LogP contribution >= 0.6 is 0 Å². The smallest absolute Gasteiger partial charge is 0.407 e. The molecular weight excluding hydrogens is 1060 g/mol. The average molecular weight is 1120 g/mol. The number of allylic oxidation sites excluding steroid dienone is 1. The number of aromatic nitrogens is 1. The van der Waals surface area contributed by atoms with Crippen LogP contribution in [0.15, 0.2) is 73.1 Å². The molecule has 6 rings (SSSR count). The van der Waals surface area contributed by atoms with Crippen molar-refractivity contribution in [1.82, 2.24) is 41.6 Å². The molecule has 3 fully saturated rings. The molecule has 3 aromatic rings. The number of methoxy groups -OCH3 is 2. The Balaban J connectivity index is 1.29. The van der Waals surface area contributed by atoms with E-state index in [1.54, 1.807) is 35.8 Å². The number of halogens is 8. The highest BCUT2D eigenvalue weighted by Gasteiger charge is 2.57. The Kier molecular flexibility index (Phi) is 20.0. The number of benzene rings is 2. The summed E-state index contributed by atoms with van der Waals surface area (Å²) in [5, 5.41) is 28.7. The molecule has 4 heterocycles. The molecule has 0 aliphatic carbocycles. The van der Waals surface area contributed by atoms with Gasteiger partial charge in [-0.15, -0.1) is 0 Å². The van der Waals surface area contributed by atoms with E-state index in [4.69, 9.17) is 15.1 Å². The summed E-state index contributed by atoms with van der Waals surface area (Å²) in [6, 6.07) is 10.7. The first-order valence-electron chi connectivity index (χ1n) is 25.0. The summed E-state index contributed by atoms with van der Waals surface area (Å²) in [6.07, 6.45) is -9.70. The van der Waals surface area contributed by atoms with Gasteiger partial charge < -0.3 is 50.9 Å². The van der Waals surface area contributed by atoms with Gasteiger partial charge in [-0.25, -0.2) is 19.6 Å². The largest absolute Gasteiger partial charge is 0.453 e. The minimum Gasteiger partial charge on any atom is -0.453 e. The van der Waals surface area contributed by atoms with Crippen molar-refractivity contribution in [3.63, 3.8) is 0 Å². The normalized spacial score (nSPS) is 18.7. The van der Waals surface area contributed by atoms with E-state index in [-0.39, 0.29) is 23.1 Å². The van der Waals surface area contributed by atoms with Crippen molar-refractivity contribution >= 4 is 41.6 Å². The van der Waals surface area contributed by atoms with E-state index in [2.05, 4.69) is 41.9 Å². The van der Waals surface area contributed by atoms with Gasteiger partial charge >= 0.3 is 31.1 Å². The lowest BCUT2D eigenvalue weighted by Crippen LogP contribution is -2.63. The van der Waals surface area contributed by atoms with Crippen LogP contribution in [0.5, 0.6) is 0 Å². The van der Waals surface area contributed by atoms with E-state index in [0.29, 0.717) is 62.5 Å². The lowest BCUT2D eigenvalue weighted by atomic mass is 9.82. The Bertz CT molecular complexity index is 2680. The molecule has 0 saturated carbocycles. The Morgan fingerprint density at radius 3 is 1.80 bits per heavy atom. The number of alkyl halides is 8. The first-order chi connectivity index (χ1) is 37.1. The zero-order valence-electron chi connectivity index (χ0n) is 44.1. The molecule has 18 nitrogen and oxygen atoms in total. The molecule has 0 spiro atoms. The van der Waals surface area contributed by atoms with Gasteiger partial charge in [0.25, 0.3) is 5.91 Å².